The lowest BCUT2D eigenvalue weighted by molar-refractivity contribution is -0.154. The Kier molecular flexibility index (Phi) is 3.88. The molecule has 2 atom stereocenters. The Morgan fingerprint density at radius 1 is 1.42 bits per heavy atom. The minimum Gasteiger partial charge on any atom is -0.365 e. The lowest BCUT2D eigenvalue weighted by Gasteiger charge is -2.33. The molecule has 3 fully saturated rings. The molecule has 2 aliphatic heterocycles. The summed E-state index contributed by atoms with van der Waals surface area (Å²) in [4.78, 5) is 27.3. The molecule has 7 heteroatoms. The van der Waals surface area contributed by atoms with E-state index in [2.05, 4.69) is 9.69 Å². The molecule has 3 heterocycles. The van der Waals surface area contributed by atoms with Crippen LogP contribution in [0.4, 0.5) is 0 Å². The third-order valence-corrected chi connectivity index (χ3v) is 6.06. The van der Waals surface area contributed by atoms with Crippen LogP contribution in [0.3, 0.4) is 0 Å². The molecule has 6 nitrogen and oxygen atoms in total. The van der Waals surface area contributed by atoms with Gasteiger partial charge < -0.3 is 15.0 Å². The monoisotopic (exact) mass is 349 g/mol. The van der Waals surface area contributed by atoms with Crippen LogP contribution in [0.25, 0.3) is 0 Å². The Labute approximate surface area is 145 Å². The Hall–Kier alpha value is -1.47. The summed E-state index contributed by atoms with van der Waals surface area (Å²) >= 11 is 1.26. The highest BCUT2D eigenvalue weighted by molar-refractivity contribution is 7.03. The molecule has 1 aromatic rings. The number of aromatic nitrogens is 1. The van der Waals surface area contributed by atoms with Gasteiger partial charge in [-0.25, -0.2) is 0 Å². The predicted molar refractivity (Wildman–Crippen MR) is 89.8 cm³/mol. The zero-order chi connectivity index (χ0) is 16.8. The molecule has 2 unspecified atom stereocenters. The van der Waals surface area contributed by atoms with Gasteiger partial charge in [0.2, 0.25) is 0 Å². The Morgan fingerprint density at radius 3 is 2.88 bits per heavy atom. The number of ether oxygens (including phenoxy) is 1. The molecule has 0 aromatic carbocycles. The number of amides is 2. The molecule has 1 N–H and O–H groups in total. The van der Waals surface area contributed by atoms with Gasteiger partial charge in [-0.3, -0.25) is 9.59 Å². The molecule has 1 saturated carbocycles. The van der Waals surface area contributed by atoms with E-state index < -0.39 is 11.1 Å². The average molecular weight is 349 g/mol. The van der Waals surface area contributed by atoms with Crippen molar-refractivity contribution in [2.45, 2.75) is 50.2 Å². The lowest BCUT2D eigenvalue weighted by Crippen LogP contribution is -2.53. The van der Waals surface area contributed by atoms with E-state index in [1.807, 2.05) is 11.8 Å². The highest BCUT2D eigenvalue weighted by Gasteiger charge is 2.56. The minimum atomic E-state index is -0.579. The quantitative estimate of drug-likeness (QED) is 0.900. The van der Waals surface area contributed by atoms with Crippen LogP contribution in [0.1, 0.15) is 49.5 Å². The molecule has 0 bridgehead atoms. The normalized spacial score (nSPS) is 33.0. The van der Waals surface area contributed by atoms with Crippen molar-refractivity contribution in [2.24, 2.45) is 5.92 Å². The zero-order valence-corrected chi connectivity index (χ0v) is 14.7. The first-order valence-corrected chi connectivity index (χ1v) is 9.52. The van der Waals surface area contributed by atoms with Gasteiger partial charge >= 0.3 is 0 Å². The van der Waals surface area contributed by atoms with Gasteiger partial charge in [0.25, 0.3) is 11.8 Å². The molecule has 130 valence electrons. The van der Waals surface area contributed by atoms with E-state index >= 15 is 0 Å². The van der Waals surface area contributed by atoms with Crippen LogP contribution in [0, 0.1) is 5.92 Å². The number of likely N-dealkylation sites (tertiary alicyclic amines) is 1. The molecule has 1 aromatic heterocycles. The van der Waals surface area contributed by atoms with Crippen LogP contribution >= 0.6 is 11.5 Å². The standard InChI is InChI=1S/C17H23N3O3S/c1-16(18-14(21)13-5-10-24-19-13)7-8-20(11-16)15(22)17(12-3-4-12)6-2-9-23-17/h5,10,12H,2-4,6-9,11H2,1H3,(H,18,21). The first kappa shape index (κ1) is 16.0. The molecular weight excluding hydrogens is 326 g/mol. The highest BCUT2D eigenvalue weighted by Crippen LogP contribution is 2.48. The number of carbonyl (C=O) groups excluding carboxylic acids is 2. The second-order valence-corrected chi connectivity index (χ2v) is 8.16. The van der Waals surface area contributed by atoms with Gasteiger partial charge in [-0.2, -0.15) is 4.37 Å². The molecule has 0 radical (unpaired) electrons. The zero-order valence-electron chi connectivity index (χ0n) is 13.9. The number of nitrogens with one attached hydrogen (secondary N) is 1. The van der Waals surface area contributed by atoms with E-state index in [1.165, 1.54) is 11.5 Å². The maximum absolute atomic E-state index is 13.1. The van der Waals surface area contributed by atoms with Gasteiger partial charge in [-0.1, -0.05) is 0 Å². The third kappa shape index (κ3) is 2.73. The Bertz CT molecular complexity index is 638. The second-order valence-electron chi connectivity index (χ2n) is 7.49. The van der Waals surface area contributed by atoms with Crippen molar-refractivity contribution >= 4 is 23.3 Å². The van der Waals surface area contributed by atoms with Gasteiger partial charge in [0.1, 0.15) is 11.3 Å². The summed E-state index contributed by atoms with van der Waals surface area (Å²) in [6.45, 7) is 3.90. The number of nitrogens with zero attached hydrogens (tertiary/aromatic N) is 2. The average Bonchev–Trinajstić information content (AvgIpc) is 3.00. The van der Waals surface area contributed by atoms with Gasteiger partial charge in [0, 0.05) is 25.1 Å². The summed E-state index contributed by atoms with van der Waals surface area (Å²) in [7, 11) is 0. The van der Waals surface area contributed by atoms with Crippen molar-refractivity contribution in [3.8, 4) is 0 Å². The number of hydrogen-bond acceptors (Lipinski definition) is 5. The number of carbonyl (C=O) groups is 2. The van der Waals surface area contributed by atoms with Crippen molar-refractivity contribution in [1.29, 1.82) is 0 Å². The van der Waals surface area contributed by atoms with Crippen molar-refractivity contribution in [2.75, 3.05) is 19.7 Å². The van der Waals surface area contributed by atoms with Crippen LogP contribution in [0.5, 0.6) is 0 Å². The first-order chi connectivity index (χ1) is 11.5. The van der Waals surface area contributed by atoms with E-state index in [4.69, 9.17) is 4.74 Å². The maximum Gasteiger partial charge on any atom is 0.271 e. The van der Waals surface area contributed by atoms with Gasteiger partial charge in [-0.15, -0.1) is 0 Å². The third-order valence-electron chi connectivity index (χ3n) is 5.50. The summed E-state index contributed by atoms with van der Waals surface area (Å²) in [5.74, 6) is 0.361. The van der Waals surface area contributed by atoms with Crippen LogP contribution in [0.2, 0.25) is 0 Å². The predicted octanol–water partition coefficient (Wildman–Crippen LogP) is 1.82. The van der Waals surface area contributed by atoms with E-state index in [-0.39, 0.29) is 11.8 Å². The van der Waals surface area contributed by atoms with E-state index in [1.54, 1.807) is 11.4 Å². The van der Waals surface area contributed by atoms with E-state index in [9.17, 15) is 9.59 Å². The SMILES string of the molecule is CC1(NC(=O)c2ccsn2)CCN(C(=O)C2(C3CC3)CCCO2)C1. The summed E-state index contributed by atoms with van der Waals surface area (Å²) in [6.07, 6.45) is 4.76. The minimum absolute atomic E-state index is 0.133. The molecule has 2 saturated heterocycles. The molecule has 1 aliphatic carbocycles. The molecular formula is C17H23N3O3S. The number of hydrogen-bond donors (Lipinski definition) is 1. The van der Waals surface area contributed by atoms with Crippen molar-refractivity contribution in [3.63, 3.8) is 0 Å². The van der Waals surface area contributed by atoms with Crippen molar-refractivity contribution in [1.82, 2.24) is 14.6 Å². The fourth-order valence-corrected chi connectivity index (χ4v) is 4.56. The molecule has 0 spiro atoms. The number of rotatable bonds is 4. The molecule has 3 aliphatic rings. The largest absolute Gasteiger partial charge is 0.365 e. The smallest absolute Gasteiger partial charge is 0.271 e. The van der Waals surface area contributed by atoms with Gasteiger partial charge in [0.15, 0.2) is 0 Å². The lowest BCUT2D eigenvalue weighted by atomic mass is 9.92. The van der Waals surface area contributed by atoms with Crippen LogP contribution in [-0.2, 0) is 9.53 Å². The van der Waals surface area contributed by atoms with Crippen LogP contribution in [-0.4, -0.2) is 51.9 Å². The fourth-order valence-electron chi connectivity index (χ4n) is 4.05. The molecule has 24 heavy (non-hydrogen) atoms. The topological polar surface area (TPSA) is 71.5 Å². The van der Waals surface area contributed by atoms with Crippen LogP contribution < -0.4 is 5.32 Å². The van der Waals surface area contributed by atoms with Crippen molar-refractivity contribution in [3.05, 3.63) is 17.1 Å². The summed E-state index contributed by atoms with van der Waals surface area (Å²) < 4.78 is 10.0. The summed E-state index contributed by atoms with van der Waals surface area (Å²) in [5, 5.41) is 4.85. The first-order valence-electron chi connectivity index (χ1n) is 8.69. The van der Waals surface area contributed by atoms with E-state index in [0.717, 1.165) is 32.1 Å². The summed E-state index contributed by atoms with van der Waals surface area (Å²) in [5.41, 5.74) is -0.538. The Balaban J connectivity index is 1.43. The van der Waals surface area contributed by atoms with Gasteiger partial charge in [-0.05, 0) is 62.5 Å². The summed E-state index contributed by atoms with van der Waals surface area (Å²) in [6, 6.07) is 1.72. The Morgan fingerprint density at radius 2 is 2.25 bits per heavy atom. The molecule has 2 amide bonds. The van der Waals surface area contributed by atoms with Crippen molar-refractivity contribution < 1.29 is 14.3 Å². The fraction of sp³-hybridized carbons (Fsp3) is 0.706. The van der Waals surface area contributed by atoms with E-state index in [0.29, 0.717) is 31.3 Å². The van der Waals surface area contributed by atoms with Crippen LogP contribution in [0.15, 0.2) is 11.4 Å². The highest BCUT2D eigenvalue weighted by atomic mass is 32.1. The second kappa shape index (κ2) is 5.81. The maximum atomic E-state index is 13.1. The molecule has 4 rings (SSSR count). The van der Waals surface area contributed by atoms with Gasteiger partial charge in [0.05, 0.1) is 5.54 Å².